The quantitative estimate of drug-likeness (QED) is 0.173. The highest BCUT2D eigenvalue weighted by Gasteiger charge is 2.41. The zero-order chi connectivity index (χ0) is 36.8. The second-order valence-corrected chi connectivity index (χ2v) is 14.6. The molecule has 2 unspecified atom stereocenters. The van der Waals surface area contributed by atoms with Crippen LogP contribution in [0.5, 0.6) is 0 Å². The first-order valence-corrected chi connectivity index (χ1v) is 18.9. The van der Waals surface area contributed by atoms with Crippen LogP contribution in [0.1, 0.15) is 24.0 Å². The molecule has 0 radical (unpaired) electrons. The van der Waals surface area contributed by atoms with Gasteiger partial charge in [-0.3, -0.25) is 0 Å². The second-order valence-electron chi connectivity index (χ2n) is 14.6. The minimum absolute atomic E-state index is 0.0946. The normalized spacial score (nSPS) is 16.6. The third-order valence-corrected chi connectivity index (χ3v) is 11.3. The van der Waals surface area contributed by atoms with Crippen molar-refractivity contribution < 1.29 is 0 Å². The Morgan fingerprint density at radius 2 is 0.927 bits per heavy atom. The van der Waals surface area contributed by atoms with Gasteiger partial charge in [-0.2, -0.15) is 0 Å². The lowest BCUT2D eigenvalue weighted by atomic mass is 9.60. The molecule has 0 saturated heterocycles. The molecule has 1 heterocycles. The monoisotopic (exact) mass is 703 g/mol. The maximum absolute atomic E-state index is 5.18. The van der Waals surface area contributed by atoms with Gasteiger partial charge in [0, 0.05) is 28.0 Å². The molecule has 2 aliphatic carbocycles. The first-order chi connectivity index (χ1) is 27.1. The second kappa shape index (κ2) is 13.5. The highest BCUT2D eigenvalue weighted by molar-refractivity contribution is 5.86. The number of allylic oxidation sites excluding steroid dienone is 4. The predicted molar refractivity (Wildman–Crippen MR) is 226 cm³/mol. The third-order valence-electron chi connectivity index (χ3n) is 11.3. The Kier molecular flexibility index (Phi) is 8.00. The molecule has 0 spiro atoms. The van der Waals surface area contributed by atoms with E-state index in [1.165, 1.54) is 33.4 Å². The fourth-order valence-corrected chi connectivity index (χ4v) is 8.46. The smallest absolute Gasteiger partial charge is 0.164 e. The van der Waals surface area contributed by atoms with Crippen LogP contribution in [0.3, 0.4) is 0 Å². The van der Waals surface area contributed by atoms with Gasteiger partial charge in [-0.05, 0) is 73.8 Å². The Morgan fingerprint density at radius 1 is 0.382 bits per heavy atom. The van der Waals surface area contributed by atoms with Crippen molar-refractivity contribution in [3.05, 3.63) is 211 Å². The molecule has 3 heteroatoms. The molecule has 7 aromatic carbocycles. The van der Waals surface area contributed by atoms with Crippen molar-refractivity contribution >= 4 is 0 Å². The minimum atomic E-state index is -0.0946. The Bertz CT molecular complexity index is 2780. The number of rotatable bonds is 6. The van der Waals surface area contributed by atoms with Gasteiger partial charge in [-0.1, -0.05) is 189 Å². The van der Waals surface area contributed by atoms with Crippen molar-refractivity contribution in [2.45, 2.75) is 18.3 Å². The zero-order valence-corrected chi connectivity index (χ0v) is 30.5. The molecular weight excluding hydrogens is 667 g/mol. The van der Waals surface area contributed by atoms with Crippen molar-refractivity contribution in [2.75, 3.05) is 0 Å². The van der Waals surface area contributed by atoms with E-state index in [0.29, 0.717) is 17.5 Å². The number of nitrogens with zero attached hydrogens (tertiary/aromatic N) is 3. The lowest BCUT2D eigenvalue weighted by Gasteiger charge is -2.42. The van der Waals surface area contributed by atoms with Crippen LogP contribution in [0.15, 0.2) is 200 Å². The van der Waals surface area contributed by atoms with Gasteiger partial charge in [0.2, 0.25) is 0 Å². The Hall–Kier alpha value is -6.97. The van der Waals surface area contributed by atoms with Crippen LogP contribution in [0.4, 0.5) is 0 Å². The summed E-state index contributed by atoms with van der Waals surface area (Å²) >= 11 is 0. The van der Waals surface area contributed by atoms with Gasteiger partial charge in [0.1, 0.15) is 0 Å². The molecule has 0 amide bonds. The molecule has 0 N–H and O–H groups in total. The van der Waals surface area contributed by atoms with E-state index in [1.54, 1.807) is 0 Å². The fourth-order valence-electron chi connectivity index (χ4n) is 8.46. The number of aromatic nitrogens is 3. The summed E-state index contributed by atoms with van der Waals surface area (Å²) in [6, 6.07) is 62.3. The molecule has 260 valence electrons. The van der Waals surface area contributed by atoms with Gasteiger partial charge in [-0.25, -0.2) is 15.0 Å². The first-order valence-electron chi connectivity index (χ1n) is 18.9. The topological polar surface area (TPSA) is 38.7 Å². The highest BCUT2D eigenvalue weighted by Crippen LogP contribution is 2.53. The Labute approximate surface area is 322 Å². The molecule has 10 rings (SSSR count). The van der Waals surface area contributed by atoms with Crippen LogP contribution in [0.2, 0.25) is 0 Å². The molecule has 2 aliphatic rings. The minimum Gasteiger partial charge on any atom is -0.208 e. The third kappa shape index (κ3) is 5.82. The van der Waals surface area contributed by atoms with E-state index in [2.05, 4.69) is 183 Å². The molecule has 8 aromatic rings. The van der Waals surface area contributed by atoms with Gasteiger partial charge < -0.3 is 0 Å². The van der Waals surface area contributed by atoms with Crippen molar-refractivity contribution in [1.82, 2.24) is 15.0 Å². The van der Waals surface area contributed by atoms with Gasteiger partial charge in [0.05, 0.1) is 0 Å². The van der Waals surface area contributed by atoms with Gasteiger partial charge in [-0.15, -0.1) is 0 Å². The van der Waals surface area contributed by atoms with E-state index in [0.717, 1.165) is 38.9 Å². The summed E-state index contributed by atoms with van der Waals surface area (Å²) in [5, 5.41) is 0. The highest BCUT2D eigenvalue weighted by atomic mass is 15.0. The Balaban J connectivity index is 1.08. The number of hydrogen-bond donors (Lipinski definition) is 0. The van der Waals surface area contributed by atoms with E-state index in [4.69, 9.17) is 15.0 Å². The molecule has 1 aromatic heterocycles. The van der Waals surface area contributed by atoms with Crippen LogP contribution in [0, 0.1) is 0 Å². The van der Waals surface area contributed by atoms with Crippen LogP contribution in [-0.2, 0) is 5.41 Å². The van der Waals surface area contributed by atoms with Crippen molar-refractivity contribution in [2.24, 2.45) is 0 Å². The molecule has 0 saturated carbocycles. The molecular formula is C52H37N3. The molecule has 55 heavy (non-hydrogen) atoms. The summed E-state index contributed by atoms with van der Waals surface area (Å²) in [5.74, 6) is 2.18. The van der Waals surface area contributed by atoms with E-state index < -0.39 is 0 Å². The van der Waals surface area contributed by atoms with Gasteiger partial charge in [0.25, 0.3) is 0 Å². The lowest BCUT2D eigenvalue weighted by Crippen LogP contribution is -2.32. The number of hydrogen-bond acceptors (Lipinski definition) is 3. The summed E-state index contributed by atoms with van der Waals surface area (Å²) in [7, 11) is 0. The average Bonchev–Trinajstić information content (AvgIpc) is 3.27. The standard InChI is InChI=1S/C52H37N3/c1-52-31-13-12-28-48(52)46-34-39(29-30-43(46)44-25-10-11-27-47(44)52)38-21-14-22-40(32-38)42-24-8-9-26-45(42)51-54-49(36-18-6-3-7-19-36)53-50(55-51)41-23-15-20-37(33-41)35-16-4-2-5-17-35/h2-34,48H,1H3. The van der Waals surface area contributed by atoms with Crippen molar-refractivity contribution in [3.8, 4) is 78.7 Å². The van der Waals surface area contributed by atoms with Gasteiger partial charge in [0.15, 0.2) is 17.5 Å². The lowest BCUT2D eigenvalue weighted by molar-refractivity contribution is 0.519. The van der Waals surface area contributed by atoms with E-state index >= 15 is 0 Å². The summed E-state index contributed by atoms with van der Waals surface area (Å²) in [6.45, 7) is 2.37. The molecule has 2 atom stereocenters. The maximum atomic E-state index is 5.18. The van der Waals surface area contributed by atoms with Crippen LogP contribution in [-0.4, -0.2) is 15.0 Å². The summed E-state index contributed by atoms with van der Waals surface area (Å²) in [4.78, 5) is 15.3. The summed E-state index contributed by atoms with van der Waals surface area (Å²) < 4.78 is 0. The zero-order valence-electron chi connectivity index (χ0n) is 30.5. The SMILES string of the molecule is CC12C=CC=CC1c1cc(-c3cccc(-c4ccccc4-c4nc(-c5ccccc5)nc(-c5cccc(-c6ccccc6)c5)n4)c3)ccc1-c1ccccc12. The van der Waals surface area contributed by atoms with E-state index in [1.807, 2.05) is 24.3 Å². The van der Waals surface area contributed by atoms with Crippen LogP contribution >= 0.6 is 0 Å². The summed E-state index contributed by atoms with van der Waals surface area (Å²) in [6.07, 6.45) is 9.14. The molecule has 3 nitrogen and oxygen atoms in total. The maximum Gasteiger partial charge on any atom is 0.164 e. The predicted octanol–water partition coefficient (Wildman–Crippen LogP) is 13.0. The van der Waals surface area contributed by atoms with E-state index in [9.17, 15) is 0 Å². The van der Waals surface area contributed by atoms with Crippen molar-refractivity contribution in [3.63, 3.8) is 0 Å². The number of fused-ring (bicyclic) bond motifs is 6. The van der Waals surface area contributed by atoms with Crippen molar-refractivity contribution in [1.29, 1.82) is 0 Å². The number of benzene rings is 7. The van der Waals surface area contributed by atoms with Crippen LogP contribution in [0.25, 0.3) is 78.7 Å². The van der Waals surface area contributed by atoms with Crippen LogP contribution < -0.4 is 0 Å². The summed E-state index contributed by atoms with van der Waals surface area (Å²) in [5.41, 5.74) is 15.0. The Morgan fingerprint density at radius 3 is 1.71 bits per heavy atom. The van der Waals surface area contributed by atoms with Gasteiger partial charge >= 0.3 is 0 Å². The average molecular weight is 704 g/mol. The largest absolute Gasteiger partial charge is 0.208 e. The van der Waals surface area contributed by atoms with E-state index in [-0.39, 0.29) is 11.3 Å². The molecule has 0 aliphatic heterocycles. The molecule has 0 bridgehead atoms. The molecule has 0 fully saturated rings. The fraction of sp³-hybridized carbons (Fsp3) is 0.0577. The first kappa shape index (κ1) is 32.7.